The molecule has 1 heterocycles. The third-order valence-corrected chi connectivity index (χ3v) is 3.78. The number of carbonyl (C=O) groups is 1. The average molecular weight is 263 g/mol. The van der Waals surface area contributed by atoms with E-state index in [-0.39, 0.29) is 16.1 Å². The third-order valence-electron chi connectivity index (χ3n) is 2.87. The van der Waals surface area contributed by atoms with Crippen molar-refractivity contribution in [2.45, 2.75) is 11.8 Å². The third kappa shape index (κ3) is 2.01. The molecule has 0 saturated carbocycles. The highest BCUT2D eigenvalue weighted by atomic mass is 32.2. The lowest BCUT2D eigenvalue weighted by atomic mass is 10.1. The Morgan fingerprint density at radius 1 is 1.33 bits per heavy atom. The Balaban J connectivity index is 2.88. The largest absolute Gasteiger partial charge is 0.349 e. The number of carbonyl (C=O) groups excluding carboxylic acids is 1. The molecule has 18 heavy (non-hydrogen) atoms. The van der Waals surface area contributed by atoms with Gasteiger partial charge in [-0.25, -0.2) is 0 Å². The molecule has 1 aromatic carbocycles. The van der Waals surface area contributed by atoms with Crippen molar-refractivity contribution in [2.75, 3.05) is 6.26 Å². The van der Waals surface area contributed by atoms with E-state index in [1.54, 1.807) is 36.0 Å². The minimum Gasteiger partial charge on any atom is -0.349 e. The second-order valence-corrected chi connectivity index (χ2v) is 5.52. The molecule has 0 aliphatic heterocycles. The molecule has 0 aliphatic rings. The molecule has 2 aromatic rings. The zero-order chi connectivity index (χ0) is 13.4. The number of hydrogen-bond donors (Lipinski definition) is 0. The zero-order valence-corrected chi connectivity index (χ0v) is 11.2. The standard InChI is InChI=1S/C13H13NO3S/c1-8(15)9-4-5-10-11(6-9)14(2)7-12(13(10)16)18(3)17/h4-7H,1-3H3. The van der Waals surface area contributed by atoms with Gasteiger partial charge in [0, 0.05) is 30.4 Å². The molecule has 0 bridgehead atoms. The number of fused-ring (bicyclic) bond motifs is 1. The fourth-order valence-corrected chi connectivity index (χ4v) is 2.55. The predicted octanol–water partition coefficient (Wildman–Crippen LogP) is 1.48. The van der Waals surface area contributed by atoms with Crippen LogP contribution in [-0.2, 0) is 17.8 Å². The van der Waals surface area contributed by atoms with E-state index >= 15 is 0 Å². The highest BCUT2D eigenvalue weighted by Gasteiger charge is 2.11. The lowest BCUT2D eigenvalue weighted by molar-refractivity contribution is 0.101. The second-order valence-electron chi connectivity index (χ2n) is 4.18. The molecule has 1 aromatic heterocycles. The molecule has 94 valence electrons. The van der Waals surface area contributed by atoms with Crippen molar-refractivity contribution in [3.05, 3.63) is 40.2 Å². The first-order chi connectivity index (χ1) is 8.41. The van der Waals surface area contributed by atoms with E-state index in [4.69, 9.17) is 0 Å². The Kier molecular flexibility index (Phi) is 3.17. The van der Waals surface area contributed by atoms with Crippen molar-refractivity contribution in [3.63, 3.8) is 0 Å². The molecular formula is C13H13NO3S. The van der Waals surface area contributed by atoms with E-state index in [0.29, 0.717) is 16.5 Å². The maximum atomic E-state index is 12.1. The van der Waals surface area contributed by atoms with Crippen molar-refractivity contribution in [2.24, 2.45) is 7.05 Å². The molecule has 0 radical (unpaired) electrons. The first-order valence-electron chi connectivity index (χ1n) is 5.39. The zero-order valence-electron chi connectivity index (χ0n) is 10.4. The Morgan fingerprint density at radius 3 is 2.56 bits per heavy atom. The molecule has 0 amide bonds. The van der Waals surface area contributed by atoms with Gasteiger partial charge in [0.1, 0.15) is 4.90 Å². The second kappa shape index (κ2) is 4.49. The van der Waals surface area contributed by atoms with Crippen LogP contribution in [0.25, 0.3) is 10.9 Å². The fraction of sp³-hybridized carbons (Fsp3) is 0.231. The number of benzene rings is 1. The van der Waals surface area contributed by atoms with Crippen molar-refractivity contribution in [1.29, 1.82) is 0 Å². The Hall–Kier alpha value is -1.75. The number of nitrogens with zero attached hydrogens (tertiary/aromatic N) is 1. The Morgan fingerprint density at radius 2 is 2.00 bits per heavy atom. The van der Waals surface area contributed by atoms with Crippen LogP contribution >= 0.6 is 0 Å². The lowest BCUT2D eigenvalue weighted by Gasteiger charge is -2.08. The van der Waals surface area contributed by atoms with Crippen molar-refractivity contribution in [1.82, 2.24) is 4.57 Å². The summed E-state index contributed by atoms with van der Waals surface area (Å²) >= 11 is 0. The Bertz CT molecular complexity index is 731. The van der Waals surface area contributed by atoms with Gasteiger partial charge in [0.05, 0.1) is 16.3 Å². The van der Waals surface area contributed by atoms with E-state index in [0.717, 1.165) is 0 Å². The van der Waals surface area contributed by atoms with E-state index in [1.807, 2.05) is 0 Å². The van der Waals surface area contributed by atoms with Crippen molar-refractivity contribution >= 4 is 27.5 Å². The molecule has 5 heteroatoms. The van der Waals surface area contributed by atoms with Crippen LogP contribution in [-0.4, -0.2) is 20.8 Å². The summed E-state index contributed by atoms with van der Waals surface area (Å²) in [5.74, 6) is -0.0486. The van der Waals surface area contributed by atoms with Crippen molar-refractivity contribution < 1.29 is 9.00 Å². The van der Waals surface area contributed by atoms with E-state index in [9.17, 15) is 13.8 Å². The van der Waals surface area contributed by atoms with Gasteiger partial charge >= 0.3 is 0 Å². The van der Waals surface area contributed by atoms with Gasteiger partial charge in [-0.1, -0.05) is 6.07 Å². The smallest absolute Gasteiger partial charge is 0.205 e. The predicted molar refractivity (Wildman–Crippen MR) is 71.5 cm³/mol. The number of pyridine rings is 1. The summed E-state index contributed by atoms with van der Waals surface area (Å²) in [6.45, 7) is 1.48. The number of rotatable bonds is 2. The molecule has 0 saturated heterocycles. The molecule has 2 rings (SSSR count). The molecule has 0 fully saturated rings. The average Bonchev–Trinajstić information content (AvgIpc) is 2.32. The van der Waals surface area contributed by atoms with Gasteiger partial charge in [-0.15, -0.1) is 0 Å². The van der Waals surface area contributed by atoms with Gasteiger partial charge in [0.2, 0.25) is 5.43 Å². The van der Waals surface area contributed by atoms with Crippen LogP contribution < -0.4 is 5.43 Å². The normalized spacial score (nSPS) is 12.6. The number of aryl methyl sites for hydroxylation is 1. The lowest BCUT2D eigenvalue weighted by Crippen LogP contribution is -2.14. The Labute approximate surface area is 107 Å². The first-order valence-corrected chi connectivity index (χ1v) is 6.95. The van der Waals surface area contributed by atoms with Crippen LogP contribution in [0.1, 0.15) is 17.3 Å². The van der Waals surface area contributed by atoms with Gasteiger partial charge in [0.15, 0.2) is 5.78 Å². The summed E-state index contributed by atoms with van der Waals surface area (Å²) < 4.78 is 13.2. The van der Waals surface area contributed by atoms with Gasteiger partial charge in [0.25, 0.3) is 0 Å². The van der Waals surface area contributed by atoms with Crippen LogP contribution in [0.4, 0.5) is 0 Å². The van der Waals surface area contributed by atoms with Crippen LogP contribution in [0.2, 0.25) is 0 Å². The van der Waals surface area contributed by atoms with Crippen LogP contribution in [0, 0.1) is 0 Å². The molecule has 1 unspecified atom stereocenters. The van der Waals surface area contributed by atoms with Crippen molar-refractivity contribution in [3.8, 4) is 0 Å². The highest BCUT2D eigenvalue weighted by Crippen LogP contribution is 2.15. The topological polar surface area (TPSA) is 56.1 Å². The van der Waals surface area contributed by atoms with Gasteiger partial charge in [-0.3, -0.25) is 13.8 Å². The SMILES string of the molecule is CC(=O)c1ccc2c(=O)c(S(C)=O)cn(C)c2c1. The van der Waals surface area contributed by atoms with Gasteiger partial charge in [-0.2, -0.15) is 0 Å². The summed E-state index contributed by atoms with van der Waals surface area (Å²) in [6, 6.07) is 4.92. The fourth-order valence-electron chi connectivity index (χ4n) is 1.88. The minimum atomic E-state index is -1.32. The number of Topliss-reactive ketones (excluding diaryl/α,β-unsaturated/α-hetero) is 1. The van der Waals surface area contributed by atoms with E-state index in [2.05, 4.69) is 0 Å². The van der Waals surface area contributed by atoms with Crippen LogP contribution in [0.5, 0.6) is 0 Å². The number of ketones is 1. The molecular weight excluding hydrogens is 250 g/mol. The van der Waals surface area contributed by atoms with Crippen LogP contribution in [0.15, 0.2) is 34.1 Å². The summed E-state index contributed by atoms with van der Waals surface area (Å²) in [5, 5.41) is 0.482. The molecule has 4 nitrogen and oxygen atoms in total. The monoisotopic (exact) mass is 263 g/mol. The maximum Gasteiger partial charge on any atom is 0.205 e. The van der Waals surface area contributed by atoms with E-state index < -0.39 is 10.8 Å². The van der Waals surface area contributed by atoms with E-state index in [1.165, 1.54) is 13.2 Å². The molecule has 0 aliphatic carbocycles. The quantitative estimate of drug-likeness (QED) is 0.771. The summed E-state index contributed by atoms with van der Waals surface area (Å²) in [6.07, 6.45) is 3.04. The van der Waals surface area contributed by atoms with Gasteiger partial charge in [-0.05, 0) is 19.1 Å². The molecule has 0 N–H and O–H groups in total. The van der Waals surface area contributed by atoms with Crippen LogP contribution in [0.3, 0.4) is 0 Å². The number of aromatic nitrogens is 1. The summed E-state index contributed by atoms with van der Waals surface area (Å²) in [5.41, 5.74) is 0.990. The first kappa shape index (κ1) is 12.7. The molecule has 0 spiro atoms. The molecule has 1 atom stereocenters. The maximum absolute atomic E-state index is 12.1. The highest BCUT2D eigenvalue weighted by molar-refractivity contribution is 7.84. The number of hydrogen-bond acceptors (Lipinski definition) is 3. The minimum absolute atomic E-state index is 0.0486. The summed E-state index contributed by atoms with van der Waals surface area (Å²) in [4.78, 5) is 23.7. The summed E-state index contributed by atoms with van der Waals surface area (Å²) in [7, 11) is 0.445. The van der Waals surface area contributed by atoms with Gasteiger partial charge < -0.3 is 4.57 Å².